The van der Waals surface area contributed by atoms with Gasteiger partial charge in [-0.1, -0.05) is 0 Å². The normalized spacial score (nSPS) is 10.0. The molecule has 0 unspecified atom stereocenters. The van der Waals surface area contributed by atoms with Gasteiger partial charge >= 0.3 is 0 Å². The van der Waals surface area contributed by atoms with Crippen LogP contribution in [0.3, 0.4) is 0 Å². The van der Waals surface area contributed by atoms with Crippen LogP contribution in [0.1, 0.15) is 5.69 Å². The van der Waals surface area contributed by atoms with Crippen LogP contribution in [0, 0.1) is 0 Å². The van der Waals surface area contributed by atoms with Gasteiger partial charge in [0.15, 0.2) is 6.61 Å². The molecule has 0 aliphatic carbocycles. The molecule has 0 spiro atoms. The third kappa shape index (κ3) is 4.16. The van der Waals surface area contributed by atoms with Crippen LogP contribution in [0.5, 0.6) is 11.5 Å². The number of primary amides is 1. The maximum absolute atomic E-state index is 10.6. The quantitative estimate of drug-likeness (QED) is 0.736. The first-order valence-electron chi connectivity index (χ1n) is 6.02. The van der Waals surface area contributed by atoms with Gasteiger partial charge in [-0.05, 0) is 36.4 Å². The van der Waals surface area contributed by atoms with Gasteiger partial charge in [0.2, 0.25) is 0 Å². The maximum Gasteiger partial charge on any atom is 0.255 e. The molecule has 0 bridgehead atoms. The van der Waals surface area contributed by atoms with Gasteiger partial charge in [0.1, 0.15) is 11.5 Å². The van der Waals surface area contributed by atoms with E-state index in [0.717, 1.165) is 11.4 Å². The number of carbonyl (C=O) groups excluding carboxylic acids is 1. The van der Waals surface area contributed by atoms with Crippen molar-refractivity contribution in [1.29, 1.82) is 0 Å². The van der Waals surface area contributed by atoms with Crippen molar-refractivity contribution in [2.45, 2.75) is 6.54 Å². The van der Waals surface area contributed by atoms with Crippen LogP contribution in [0.4, 0.5) is 5.69 Å². The highest BCUT2D eigenvalue weighted by Crippen LogP contribution is 2.16. The highest BCUT2D eigenvalue weighted by atomic mass is 16.5. The smallest absolute Gasteiger partial charge is 0.255 e. The van der Waals surface area contributed by atoms with Gasteiger partial charge < -0.3 is 20.9 Å². The molecular weight excluding hydrogens is 258 g/mol. The Balaban J connectivity index is 1.87. The number of rotatable bonds is 6. The van der Waals surface area contributed by atoms with Crippen LogP contribution in [-0.2, 0) is 11.3 Å². The number of ether oxygens (including phenoxy) is 1. The monoisotopic (exact) mass is 273 g/mol. The molecule has 0 fully saturated rings. The highest BCUT2D eigenvalue weighted by Gasteiger charge is 1.99. The van der Waals surface area contributed by atoms with E-state index in [1.54, 1.807) is 24.3 Å². The summed E-state index contributed by atoms with van der Waals surface area (Å²) in [4.78, 5) is 14.7. The van der Waals surface area contributed by atoms with Crippen molar-refractivity contribution in [1.82, 2.24) is 4.98 Å². The molecule has 0 radical (unpaired) electrons. The van der Waals surface area contributed by atoms with Crippen molar-refractivity contribution in [3.8, 4) is 11.5 Å². The molecule has 104 valence electrons. The molecule has 1 heterocycles. The molecule has 20 heavy (non-hydrogen) atoms. The van der Waals surface area contributed by atoms with Crippen LogP contribution in [0.25, 0.3) is 0 Å². The Morgan fingerprint density at radius 2 is 2.00 bits per heavy atom. The second-order valence-corrected chi connectivity index (χ2v) is 4.14. The topological polar surface area (TPSA) is 97.5 Å². The molecule has 6 heteroatoms. The largest absolute Gasteiger partial charge is 0.506 e. The van der Waals surface area contributed by atoms with Crippen LogP contribution in [0.15, 0.2) is 42.6 Å². The van der Waals surface area contributed by atoms with E-state index in [1.165, 1.54) is 6.20 Å². The molecule has 2 rings (SSSR count). The van der Waals surface area contributed by atoms with Gasteiger partial charge in [-0.3, -0.25) is 9.78 Å². The SMILES string of the molecule is NC(=O)COc1ccc(NCc2ccc(O)cn2)cc1. The summed E-state index contributed by atoms with van der Waals surface area (Å²) in [5.74, 6) is 0.215. The van der Waals surface area contributed by atoms with Crippen LogP contribution in [0.2, 0.25) is 0 Å². The minimum Gasteiger partial charge on any atom is -0.506 e. The molecule has 1 amide bonds. The highest BCUT2D eigenvalue weighted by molar-refractivity contribution is 5.75. The fourth-order valence-electron chi connectivity index (χ4n) is 1.54. The number of nitrogens with one attached hydrogen (secondary N) is 1. The first-order valence-corrected chi connectivity index (χ1v) is 6.02. The fraction of sp³-hybridized carbons (Fsp3) is 0.143. The molecule has 1 aromatic heterocycles. The van der Waals surface area contributed by atoms with E-state index in [4.69, 9.17) is 15.6 Å². The average molecular weight is 273 g/mol. The predicted molar refractivity (Wildman–Crippen MR) is 74.4 cm³/mol. The van der Waals surface area contributed by atoms with Crippen molar-refractivity contribution in [2.75, 3.05) is 11.9 Å². The van der Waals surface area contributed by atoms with E-state index in [0.29, 0.717) is 12.3 Å². The van der Waals surface area contributed by atoms with Gasteiger partial charge in [0, 0.05) is 5.69 Å². The summed E-state index contributed by atoms with van der Waals surface area (Å²) in [5, 5.41) is 12.3. The van der Waals surface area contributed by atoms with E-state index < -0.39 is 5.91 Å². The Labute approximate surface area is 116 Å². The number of hydrogen-bond donors (Lipinski definition) is 3. The van der Waals surface area contributed by atoms with Gasteiger partial charge in [0.25, 0.3) is 5.91 Å². The number of hydrogen-bond acceptors (Lipinski definition) is 5. The fourth-order valence-corrected chi connectivity index (χ4v) is 1.54. The Morgan fingerprint density at radius 1 is 1.25 bits per heavy atom. The van der Waals surface area contributed by atoms with Crippen LogP contribution < -0.4 is 15.8 Å². The van der Waals surface area contributed by atoms with E-state index in [2.05, 4.69) is 10.3 Å². The zero-order chi connectivity index (χ0) is 14.4. The van der Waals surface area contributed by atoms with Gasteiger partial charge in [-0.2, -0.15) is 0 Å². The van der Waals surface area contributed by atoms with Gasteiger partial charge in [0.05, 0.1) is 18.4 Å². The van der Waals surface area contributed by atoms with Crippen molar-refractivity contribution in [2.24, 2.45) is 5.73 Å². The number of benzene rings is 1. The number of aromatic nitrogens is 1. The molecule has 2 aromatic rings. The van der Waals surface area contributed by atoms with E-state index in [1.807, 2.05) is 12.1 Å². The number of amides is 1. The van der Waals surface area contributed by atoms with Gasteiger partial charge in [-0.15, -0.1) is 0 Å². The second-order valence-electron chi connectivity index (χ2n) is 4.14. The minimum atomic E-state index is -0.509. The molecule has 4 N–H and O–H groups in total. The number of nitrogens with zero attached hydrogens (tertiary/aromatic N) is 1. The van der Waals surface area contributed by atoms with E-state index in [9.17, 15) is 4.79 Å². The summed E-state index contributed by atoms with van der Waals surface area (Å²) in [7, 11) is 0. The molecular formula is C14H15N3O3. The first-order chi connectivity index (χ1) is 9.63. The average Bonchev–Trinajstić information content (AvgIpc) is 2.45. The number of carbonyl (C=O) groups is 1. The zero-order valence-corrected chi connectivity index (χ0v) is 10.7. The molecule has 0 saturated carbocycles. The molecule has 0 atom stereocenters. The second kappa shape index (κ2) is 6.42. The molecule has 0 aliphatic heterocycles. The first kappa shape index (κ1) is 13.7. The summed E-state index contributed by atoms with van der Waals surface area (Å²) >= 11 is 0. The number of nitrogens with two attached hydrogens (primary N) is 1. The van der Waals surface area contributed by atoms with Crippen molar-refractivity contribution in [3.05, 3.63) is 48.3 Å². The standard InChI is InChI=1S/C14H15N3O3/c15-14(19)9-20-13-5-2-10(3-6-13)16-7-11-1-4-12(18)8-17-11/h1-6,8,16,18H,7,9H2,(H2,15,19). The lowest BCUT2D eigenvalue weighted by Gasteiger charge is -2.08. The lowest BCUT2D eigenvalue weighted by molar-refractivity contribution is -0.119. The molecule has 0 saturated heterocycles. The van der Waals surface area contributed by atoms with Crippen molar-refractivity contribution < 1.29 is 14.6 Å². The third-order valence-electron chi connectivity index (χ3n) is 2.52. The zero-order valence-electron chi connectivity index (χ0n) is 10.7. The minimum absolute atomic E-state index is 0.135. The molecule has 1 aromatic carbocycles. The third-order valence-corrected chi connectivity index (χ3v) is 2.52. The maximum atomic E-state index is 10.6. The predicted octanol–water partition coefficient (Wildman–Crippen LogP) is 1.26. The van der Waals surface area contributed by atoms with Crippen LogP contribution in [-0.4, -0.2) is 22.6 Å². The van der Waals surface area contributed by atoms with E-state index >= 15 is 0 Å². The Hall–Kier alpha value is -2.76. The van der Waals surface area contributed by atoms with Gasteiger partial charge in [-0.25, -0.2) is 0 Å². The van der Waals surface area contributed by atoms with Crippen LogP contribution >= 0.6 is 0 Å². The summed E-state index contributed by atoms with van der Waals surface area (Å²) in [5.41, 5.74) is 6.70. The number of aromatic hydroxyl groups is 1. The molecule has 0 aliphatic rings. The Kier molecular flexibility index (Phi) is 4.39. The van der Waals surface area contributed by atoms with E-state index in [-0.39, 0.29) is 12.4 Å². The summed E-state index contributed by atoms with van der Waals surface area (Å²) in [6.45, 7) is 0.409. The number of anilines is 1. The molecule has 6 nitrogen and oxygen atoms in total. The Morgan fingerprint density at radius 3 is 2.60 bits per heavy atom. The summed E-state index contributed by atoms with van der Waals surface area (Å²) in [6, 6.07) is 10.5. The Bertz CT molecular complexity index is 567. The number of pyridine rings is 1. The lowest BCUT2D eigenvalue weighted by atomic mass is 10.3. The van der Waals surface area contributed by atoms with Crippen molar-refractivity contribution >= 4 is 11.6 Å². The summed E-state index contributed by atoms with van der Waals surface area (Å²) in [6.07, 6.45) is 1.40. The van der Waals surface area contributed by atoms with Crippen molar-refractivity contribution in [3.63, 3.8) is 0 Å². The summed E-state index contributed by atoms with van der Waals surface area (Å²) < 4.78 is 5.16. The lowest BCUT2D eigenvalue weighted by Crippen LogP contribution is -2.19.